The molecule has 0 fully saturated rings. The maximum atomic E-state index is 6.47. The van der Waals surface area contributed by atoms with Crippen LogP contribution in [0.4, 0.5) is 0 Å². The highest BCUT2D eigenvalue weighted by Gasteiger charge is 2.18. The smallest absolute Gasteiger partial charge is 0.196 e. The quantitative estimate of drug-likeness (QED) is 0.381. The summed E-state index contributed by atoms with van der Waals surface area (Å²) in [4.78, 5) is 4.08. The second-order valence-corrected chi connectivity index (χ2v) is 7.53. The SMILES string of the molecule is Clc1ccc(CSc2nnc(-c3ccncc3)n2-c2ccccc2Cl)cc1. The number of aromatic nitrogens is 4. The van der Waals surface area contributed by atoms with Gasteiger partial charge in [-0.3, -0.25) is 9.55 Å². The van der Waals surface area contributed by atoms with Gasteiger partial charge >= 0.3 is 0 Å². The lowest BCUT2D eigenvalue weighted by molar-refractivity contribution is 0.886. The Labute approximate surface area is 171 Å². The summed E-state index contributed by atoms with van der Waals surface area (Å²) in [6.07, 6.45) is 3.48. The Morgan fingerprint density at radius 1 is 0.852 bits per heavy atom. The molecule has 7 heteroatoms. The number of halogens is 2. The van der Waals surface area contributed by atoms with Gasteiger partial charge in [-0.25, -0.2) is 0 Å². The molecule has 27 heavy (non-hydrogen) atoms. The lowest BCUT2D eigenvalue weighted by atomic mass is 10.2. The average molecular weight is 413 g/mol. The fourth-order valence-corrected chi connectivity index (χ4v) is 3.88. The van der Waals surface area contributed by atoms with E-state index >= 15 is 0 Å². The van der Waals surface area contributed by atoms with Gasteiger partial charge in [0, 0.05) is 28.7 Å². The standard InChI is InChI=1S/C20H14Cl2N4S/c21-16-7-5-14(6-8-16)13-27-20-25-24-19(15-9-11-23-12-10-15)26(20)18-4-2-1-3-17(18)22/h1-12H,13H2. The van der Waals surface area contributed by atoms with Crippen LogP contribution in [0.2, 0.25) is 10.0 Å². The van der Waals surface area contributed by atoms with E-state index in [-0.39, 0.29) is 0 Å². The lowest BCUT2D eigenvalue weighted by Gasteiger charge is -2.12. The minimum absolute atomic E-state index is 0.640. The largest absolute Gasteiger partial charge is 0.268 e. The molecular weight excluding hydrogens is 399 g/mol. The molecule has 0 spiro atoms. The minimum atomic E-state index is 0.640. The van der Waals surface area contributed by atoms with E-state index < -0.39 is 0 Å². The van der Waals surface area contributed by atoms with Crippen molar-refractivity contribution in [3.8, 4) is 17.1 Å². The van der Waals surface area contributed by atoms with Crippen LogP contribution in [-0.4, -0.2) is 19.7 Å². The van der Waals surface area contributed by atoms with Crippen molar-refractivity contribution in [3.63, 3.8) is 0 Å². The Morgan fingerprint density at radius 3 is 2.33 bits per heavy atom. The van der Waals surface area contributed by atoms with E-state index in [9.17, 15) is 0 Å². The molecule has 0 atom stereocenters. The van der Waals surface area contributed by atoms with E-state index in [0.29, 0.717) is 5.02 Å². The summed E-state index contributed by atoms with van der Waals surface area (Å²) >= 11 is 14.0. The highest BCUT2D eigenvalue weighted by Crippen LogP contribution is 2.32. The summed E-state index contributed by atoms with van der Waals surface area (Å²) in [5, 5.41) is 11.0. The van der Waals surface area contributed by atoms with E-state index in [1.165, 1.54) is 0 Å². The Hall–Kier alpha value is -2.34. The van der Waals surface area contributed by atoms with E-state index in [4.69, 9.17) is 23.2 Å². The van der Waals surface area contributed by atoms with E-state index in [0.717, 1.165) is 38.6 Å². The maximum Gasteiger partial charge on any atom is 0.196 e. The molecule has 0 aliphatic heterocycles. The average Bonchev–Trinajstić information content (AvgIpc) is 3.12. The summed E-state index contributed by atoms with van der Waals surface area (Å²) in [6.45, 7) is 0. The number of hydrogen-bond donors (Lipinski definition) is 0. The molecule has 0 amide bonds. The van der Waals surface area contributed by atoms with Gasteiger partial charge in [-0.1, -0.05) is 59.2 Å². The van der Waals surface area contributed by atoms with Gasteiger partial charge in [-0.15, -0.1) is 10.2 Å². The summed E-state index contributed by atoms with van der Waals surface area (Å²) in [7, 11) is 0. The number of para-hydroxylation sites is 1. The fourth-order valence-electron chi connectivity index (χ4n) is 2.63. The molecule has 0 aliphatic rings. The molecule has 0 bridgehead atoms. The minimum Gasteiger partial charge on any atom is -0.268 e. The summed E-state index contributed by atoms with van der Waals surface area (Å²) in [5.74, 6) is 1.47. The van der Waals surface area contributed by atoms with Crippen LogP contribution < -0.4 is 0 Å². The highest BCUT2D eigenvalue weighted by molar-refractivity contribution is 7.98. The van der Waals surface area contributed by atoms with Crippen molar-refractivity contribution in [2.24, 2.45) is 0 Å². The zero-order valence-electron chi connectivity index (χ0n) is 14.1. The molecule has 0 saturated carbocycles. The molecule has 2 aromatic heterocycles. The molecule has 0 radical (unpaired) electrons. The van der Waals surface area contributed by atoms with Gasteiger partial charge in [-0.2, -0.15) is 0 Å². The molecule has 4 aromatic rings. The molecule has 2 aromatic carbocycles. The van der Waals surface area contributed by atoms with Crippen molar-refractivity contribution in [1.82, 2.24) is 19.7 Å². The zero-order chi connectivity index (χ0) is 18.6. The lowest BCUT2D eigenvalue weighted by Crippen LogP contribution is -2.00. The van der Waals surface area contributed by atoms with Crippen molar-refractivity contribution in [3.05, 3.63) is 88.7 Å². The van der Waals surface area contributed by atoms with Crippen molar-refractivity contribution in [1.29, 1.82) is 0 Å². The monoisotopic (exact) mass is 412 g/mol. The molecule has 0 unspecified atom stereocenters. The third-order valence-electron chi connectivity index (χ3n) is 3.95. The van der Waals surface area contributed by atoms with Gasteiger partial charge in [-0.05, 0) is 42.0 Å². The van der Waals surface area contributed by atoms with Crippen LogP contribution >= 0.6 is 35.0 Å². The van der Waals surface area contributed by atoms with Crippen LogP contribution in [0.5, 0.6) is 0 Å². The van der Waals surface area contributed by atoms with Gasteiger partial charge in [0.15, 0.2) is 11.0 Å². The fraction of sp³-hybridized carbons (Fsp3) is 0.0500. The molecule has 0 saturated heterocycles. The zero-order valence-corrected chi connectivity index (χ0v) is 16.4. The summed E-state index contributed by atoms with van der Waals surface area (Å²) in [6, 6.07) is 19.3. The van der Waals surface area contributed by atoms with Crippen LogP contribution in [-0.2, 0) is 5.75 Å². The van der Waals surface area contributed by atoms with Gasteiger partial charge < -0.3 is 0 Å². The van der Waals surface area contributed by atoms with Crippen molar-refractivity contribution >= 4 is 35.0 Å². The molecule has 2 heterocycles. The molecular formula is C20H14Cl2N4S. The molecule has 134 valence electrons. The summed E-state index contributed by atoms with van der Waals surface area (Å²) < 4.78 is 1.98. The van der Waals surface area contributed by atoms with Crippen molar-refractivity contribution in [2.45, 2.75) is 10.9 Å². The third kappa shape index (κ3) is 4.00. The van der Waals surface area contributed by atoms with Crippen LogP contribution in [0.25, 0.3) is 17.1 Å². The van der Waals surface area contributed by atoms with Gasteiger partial charge in [0.25, 0.3) is 0 Å². The Kier molecular flexibility index (Phi) is 5.43. The second kappa shape index (κ2) is 8.13. The predicted molar refractivity (Wildman–Crippen MR) is 111 cm³/mol. The number of nitrogens with zero attached hydrogens (tertiary/aromatic N) is 4. The first kappa shape index (κ1) is 18.0. The molecule has 4 nitrogen and oxygen atoms in total. The molecule has 4 rings (SSSR count). The third-order valence-corrected chi connectivity index (χ3v) is 5.52. The Morgan fingerprint density at radius 2 is 1.59 bits per heavy atom. The van der Waals surface area contributed by atoms with Crippen LogP contribution in [0.1, 0.15) is 5.56 Å². The van der Waals surface area contributed by atoms with Crippen molar-refractivity contribution < 1.29 is 0 Å². The van der Waals surface area contributed by atoms with E-state index in [1.54, 1.807) is 24.2 Å². The van der Waals surface area contributed by atoms with E-state index in [1.807, 2.05) is 65.2 Å². The first-order chi connectivity index (χ1) is 13.2. The van der Waals surface area contributed by atoms with Crippen LogP contribution in [0.3, 0.4) is 0 Å². The molecule has 0 N–H and O–H groups in total. The van der Waals surface area contributed by atoms with E-state index in [2.05, 4.69) is 15.2 Å². The Bertz CT molecular complexity index is 1050. The van der Waals surface area contributed by atoms with Crippen LogP contribution in [0, 0.1) is 0 Å². The number of thioether (sulfide) groups is 1. The topological polar surface area (TPSA) is 43.6 Å². The Balaban J connectivity index is 1.74. The summed E-state index contributed by atoms with van der Waals surface area (Å²) in [5.41, 5.74) is 2.92. The predicted octanol–water partition coefficient (Wildman–Crippen LogP) is 5.93. The number of hydrogen-bond acceptors (Lipinski definition) is 4. The first-order valence-corrected chi connectivity index (χ1v) is 9.94. The molecule has 0 aliphatic carbocycles. The highest BCUT2D eigenvalue weighted by atomic mass is 35.5. The van der Waals surface area contributed by atoms with Crippen molar-refractivity contribution in [2.75, 3.05) is 0 Å². The van der Waals surface area contributed by atoms with Gasteiger partial charge in [0.1, 0.15) is 0 Å². The van der Waals surface area contributed by atoms with Gasteiger partial charge in [0.05, 0.1) is 10.7 Å². The second-order valence-electron chi connectivity index (χ2n) is 5.74. The van der Waals surface area contributed by atoms with Crippen LogP contribution in [0.15, 0.2) is 78.2 Å². The first-order valence-electron chi connectivity index (χ1n) is 8.20. The number of benzene rings is 2. The van der Waals surface area contributed by atoms with Gasteiger partial charge in [0.2, 0.25) is 0 Å². The maximum absolute atomic E-state index is 6.47. The number of pyridine rings is 1. The number of rotatable bonds is 5. The normalized spacial score (nSPS) is 10.9.